The van der Waals surface area contributed by atoms with Crippen molar-refractivity contribution < 1.29 is 33.8 Å². The number of amides is 3. The Morgan fingerprint density at radius 2 is 1.89 bits per heavy atom. The molecule has 0 unspecified atom stereocenters. The number of hydrogen-bond acceptors (Lipinski definition) is 7. The molecule has 7 atom stereocenters. The predicted molar refractivity (Wildman–Crippen MR) is 170 cm³/mol. The van der Waals surface area contributed by atoms with E-state index in [2.05, 4.69) is 18.5 Å². The number of likely N-dealkylation sites (tertiary alicyclic amines) is 1. The average molecular weight is 624 g/mol. The summed E-state index contributed by atoms with van der Waals surface area (Å²) in [5.74, 6) is -2.98. The van der Waals surface area contributed by atoms with Gasteiger partial charge in [-0.2, -0.15) is 0 Å². The van der Waals surface area contributed by atoms with E-state index < -0.39 is 47.7 Å². The molecular weight excluding hydrogens is 574 g/mol. The lowest BCUT2D eigenvalue weighted by atomic mass is 9.70. The van der Waals surface area contributed by atoms with Crippen molar-refractivity contribution in [3.05, 3.63) is 61.2 Å². The number of carbonyl (C=O) groups excluding carboxylic acids is 4. The smallest absolute Gasteiger partial charge is 0.313 e. The number of aliphatic hydroxyl groups excluding tert-OH is 1. The molecule has 10 nitrogen and oxygen atoms in total. The van der Waals surface area contributed by atoms with Crippen molar-refractivity contribution in [2.24, 2.45) is 11.8 Å². The Morgan fingerprint density at radius 3 is 2.53 bits per heavy atom. The first kappa shape index (κ1) is 34.4. The molecule has 3 aliphatic rings. The fraction of sp³-hybridized carbons (Fsp3) is 0.600. The van der Waals surface area contributed by atoms with Gasteiger partial charge in [-0.3, -0.25) is 19.2 Å². The van der Waals surface area contributed by atoms with E-state index >= 15 is 0 Å². The maximum Gasteiger partial charge on any atom is 0.313 e. The first-order chi connectivity index (χ1) is 21.6. The fourth-order valence-electron chi connectivity index (χ4n) is 7.30. The number of ether oxygens (including phenoxy) is 2. The standard InChI is InChI=1S/C35H49N3O7/c1-6-8-17-27(40)36-24(5)30(25-15-11-9-12-16-25)44-34(43)28-26-18-19-35(45-26)29(28)32(41)38(21-13-10-14-22-39)31(35)33(42)37(20-7-2)23(3)4/h6-7,9,11-12,15-16,23-24,26,28-31,39H,1-2,8,10,13-14,17-22H2,3-5H3,(H,36,40)/t24-,26+,28-,29-,30-,31+,35-/m1/s1. The molecule has 2 N–H and O–H groups in total. The first-order valence-corrected chi connectivity index (χ1v) is 16.3. The van der Waals surface area contributed by atoms with Crippen LogP contribution in [0.3, 0.4) is 0 Å². The zero-order chi connectivity index (χ0) is 32.7. The monoisotopic (exact) mass is 623 g/mol. The third-order valence-corrected chi connectivity index (χ3v) is 9.39. The molecule has 1 aromatic rings. The number of rotatable bonds is 17. The topological polar surface area (TPSA) is 125 Å². The molecule has 1 aromatic carbocycles. The number of nitrogens with zero attached hydrogens (tertiary/aromatic N) is 2. The normalized spacial score (nSPS) is 26.3. The number of carbonyl (C=O) groups is 4. The maximum atomic E-state index is 14.3. The van der Waals surface area contributed by atoms with E-state index in [0.29, 0.717) is 51.6 Å². The number of esters is 1. The number of fused-ring (bicyclic) bond motifs is 1. The van der Waals surface area contributed by atoms with Gasteiger partial charge in [0.25, 0.3) is 0 Å². The van der Waals surface area contributed by atoms with E-state index in [4.69, 9.17) is 9.47 Å². The van der Waals surface area contributed by atoms with Crippen LogP contribution in [0.4, 0.5) is 0 Å². The summed E-state index contributed by atoms with van der Waals surface area (Å²) >= 11 is 0. The van der Waals surface area contributed by atoms with Crippen molar-refractivity contribution >= 4 is 23.7 Å². The van der Waals surface area contributed by atoms with E-state index in [0.717, 1.165) is 5.56 Å². The van der Waals surface area contributed by atoms with Gasteiger partial charge in [-0.25, -0.2) is 0 Å². The van der Waals surface area contributed by atoms with Gasteiger partial charge in [-0.1, -0.05) is 42.5 Å². The first-order valence-electron chi connectivity index (χ1n) is 16.3. The van der Waals surface area contributed by atoms with Crippen LogP contribution in [-0.4, -0.2) is 88.1 Å². The van der Waals surface area contributed by atoms with E-state index in [1.165, 1.54) is 0 Å². The second kappa shape index (κ2) is 15.2. The number of allylic oxidation sites excluding steroid dienone is 1. The van der Waals surface area contributed by atoms with E-state index in [-0.39, 0.29) is 36.8 Å². The summed E-state index contributed by atoms with van der Waals surface area (Å²) in [5.41, 5.74) is -0.421. The molecule has 45 heavy (non-hydrogen) atoms. The molecule has 2 bridgehead atoms. The molecular formula is C35H49N3O7. The van der Waals surface area contributed by atoms with E-state index in [9.17, 15) is 24.3 Å². The summed E-state index contributed by atoms with van der Waals surface area (Å²) in [4.78, 5) is 58.6. The van der Waals surface area contributed by atoms with Gasteiger partial charge in [0, 0.05) is 32.2 Å². The zero-order valence-corrected chi connectivity index (χ0v) is 26.9. The number of hydrogen-bond donors (Lipinski definition) is 2. The fourth-order valence-corrected chi connectivity index (χ4v) is 7.30. The summed E-state index contributed by atoms with van der Waals surface area (Å²) in [7, 11) is 0. The van der Waals surface area contributed by atoms with Crippen LogP contribution < -0.4 is 5.32 Å². The van der Waals surface area contributed by atoms with Crippen molar-refractivity contribution in [2.75, 3.05) is 19.7 Å². The Kier molecular flexibility index (Phi) is 11.6. The Hall–Kier alpha value is -3.50. The molecule has 3 saturated heterocycles. The number of aliphatic hydroxyl groups is 1. The lowest BCUT2D eigenvalue weighted by Crippen LogP contribution is -2.57. The Morgan fingerprint density at radius 1 is 1.16 bits per heavy atom. The largest absolute Gasteiger partial charge is 0.455 e. The van der Waals surface area contributed by atoms with Gasteiger partial charge in [0.15, 0.2) is 0 Å². The minimum atomic E-state index is -1.14. The highest BCUT2D eigenvalue weighted by atomic mass is 16.6. The third-order valence-electron chi connectivity index (χ3n) is 9.39. The summed E-state index contributed by atoms with van der Waals surface area (Å²) in [6, 6.07) is 7.67. The second-order valence-electron chi connectivity index (χ2n) is 12.7. The van der Waals surface area contributed by atoms with Crippen LogP contribution >= 0.6 is 0 Å². The van der Waals surface area contributed by atoms with Crippen LogP contribution in [0.2, 0.25) is 0 Å². The summed E-state index contributed by atoms with van der Waals surface area (Å²) in [6.45, 7) is 13.8. The maximum absolute atomic E-state index is 14.3. The van der Waals surface area contributed by atoms with Crippen LogP contribution in [0.5, 0.6) is 0 Å². The van der Waals surface area contributed by atoms with Crippen LogP contribution in [0.25, 0.3) is 0 Å². The van der Waals surface area contributed by atoms with Gasteiger partial charge in [0.1, 0.15) is 17.7 Å². The van der Waals surface area contributed by atoms with Gasteiger partial charge >= 0.3 is 5.97 Å². The third kappa shape index (κ3) is 7.02. The van der Waals surface area contributed by atoms with E-state index in [1.54, 1.807) is 28.9 Å². The summed E-state index contributed by atoms with van der Waals surface area (Å²) < 4.78 is 12.8. The van der Waals surface area contributed by atoms with Gasteiger partial charge in [0.05, 0.1) is 24.0 Å². The molecule has 0 aromatic heterocycles. The van der Waals surface area contributed by atoms with Crippen molar-refractivity contribution in [1.29, 1.82) is 0 Å². The van der Waals surface area contributed by atoms with Crippen LogP contribution in [0.15, 0.2) is 55.6 Å². The lowest BCUT2D eigenvalue weighted by molar-refractivity contribution is -0.162. The van der Waals surface area contributed by atoms with Crippen LogP contribution in [0.1, 0.15) is 77.4 Å². The van der Waals surface area contributed by atoms with Crippen LogP contribution in [-0.2, 0) is 28.7 Å². The Balaban J connectivity index is 1.64. The predicted octanol–water partition coefficient (Wildman–Crippen LogP) is 3.70. The molecule has 4 rings (SSSR count). The van der Waals surface area contributed by atoms with Crippen molar-refractivity contribution in [1.82, 2.24) is 15.1 Å². The SMILES string of the molecule is C=CCCC(=O)N[C@H](C)[C@@H](OC(=O)[C@@H]1[C@@H]2CC[C@]3(O2)[C@H](C(=O)N(CC=C)C(C)C)N(CCCCCO)C(=O)[C@@H]13)c1ccccc1. The van der Waals surface area contributed by atoms with Crippen molar-refractivity contribution in [3.63, 3.8) is 0 Å². The molecule has 10 heteroatoms. The molecule has 246 valence electrons. The lowest BCUT2D eigenvalue weighted by Gasteiger charge is -2.38. The minimum Gasteiger partial charge on any atom is -0.455 e. The number of nitrogens with one attached hydrogen (secondary N) is 1. The molecule has 1 spiro atoms. The molecule has 3 amide bonds. The van der Waals surface area contributed by atoms with Crippen molar-refractivity contribution in [2.45, 2.75) is 102 Å². The van der Waals surface area contributed by atoms with Gasteiger partial charge in [-0.15, -0.1) is 13.2 Å². The number of unbranched alkanes of at least 4 members (excludes halogenated alkanes) is 2. The molecule has 3 fully saturated rings. The highest BCUT2D eigenvalue weighted by Gasteiger charge is 2.75. The summed E-state index contributed by atoms with van der Waals surface area (Å²) in [5, 5.41) is 12.2. The minimum absolute atomic E-state index is 0.0533. The second-order valence-corrected chi connectivity index (χ2v) is 12.7. The molecule has 0 saturated carbocycles. The van der Waals surface area contributed by atoms with Crippen molar-refractivity contribution in [3.8, 4) is 0 Å². The number of benzene rings is 1. The molecule has 3 aliphatic heterocycles. The van der Waals surface area contributed by atoms with Gasteiger partial charge < -0.3 is 29.7 Å². The quantitative estimate of drug-likeness (QED) is 0.154. The van der Waals surface area contributed by atoms with Crippen LogP contribution in [0, 0.1) is 11.8 Å². The molecule has 0 radical (unpaired) electrons. The highest BCUT2D eigenvalue weighted by molar-refractivity contribution is 5.98. The molecule has 3 heterocycles. The Bertz CT molecular complexity index is 1240. The average Bonchev–Trinajstić information content (AvgIpc) is 3.66. The van der Waals surface area contributed by atoms with E-state index in [1.807, 2.05) is 44.2 Å². The summed E-state index contributed by atoms with van der Waals surface area (Å²) in [6.07, 6.45) is 5.70. The van der Waals surface area contributed by atoms with Gasteiger partial charge in [0.2, 0.25) is 17.7 Å². The molecule has 0 aliphatic carbocycles. The Labute approximate surface area is 266 Å². The highest BCUT2D eigenvalue weighted by Crippen LogP contribution is 2.59. The zero-order valence-electron chi connectivity index (χ0n) is 26.9. The van der Waals surface area contributed by atoms with Gasteiger partial charge in [-0.05, 0) is 64.9 Å².